The first kappa shape index (κ1) is 20.9. The summed E-state index contributed by atoms with van der Waals surface area (Å²) in [5.74, 6) is -0.0985. The normalized spacial score (nSPS) is 17.1. The van der Waals surface area contributed by atoms with Gasteiger partial charge in [0, 0.05) is 18.3 Å². The molecule has 1 aliphatic heterocycles. The first-order valence-corrected chi connectivity index (χ1v) is 9.41. The van der Waals surface area contributed by atoms with E-state index < -0.39 is 18.0 Å². The highest BCUT2D eigenvalue weighted by atomic mass is 19.4. The molecule has 2 amide bonds. The molecule has 6 nitrogen and oxygen atoms in total. The van der Waals surface area contributed by atoms with Crippen LogP contribution in [0.5, 0.6) is 5.88 Å². The van der Waals surface area contributed by atoms with Crippen molar-refractivity contribution in [2.24, 2.45) is 5.73 Å². The van der Waals surface area contributed by atoms with Crippen LogP contribution in [0.15, 0.2) is 42.5 Å². The van der Waals surface area contributed by atoms with E-state index in [-0.39, 0.29) is 31.4 Å². The van der Waals surface area contributed by atoms with Crippen LogP contribution in [-0.2, 0) is 12.6 Å². The highest BCUT2D eigenvalue weighted by Gasteiger charge is 2.34. The molecule has 1 atom stereocenters. The van der Waals surface area contributed by atoms with Crippen molar-refractivity contribution in [1.82, 2.24) is 9.88 Å². The van der Waals surface area contributed by atoms with Crippen molar-refractivity contribution in [3.8, 4) is 5.88 Å². The summed E-state index contributed by atoms with van der Waals surface area (Å²) in [4.78, 5) is 17.7. The number of ether oxygens (including phenoxy) is 1. The van der Waals surface area contributed by atoms with Crippen molar-refractivity contribution in [3.63, 3.8) is 0 Å². The molecule has 156 valence electrons. The van der Waals surface area contributed by atoms with Gasteiger partial charge in [0.2, 0.25) is 5.88 Å². The molecule has 1 saturated heterocycles. The molecule has 0 radical (unpaired) electrons. The van der Waals surface area contributed by atoms with Gasteiger partial charge in [-0.3, -0.25) is 0 Å². The van der Waals surface area contributed by atoms with Crippen LogP contribution < -0.4 is 15.8 Å². The Morgan fingerprint density at radius 1 is 1.28 bits per heavy atom. The number of likely N-dealkylation sites (tertiary alicyclic amines) is 1. The number of carbonyl (C=O) groups is 1. The summed E-state index contributed by atoms with van der Waals surface area (Å²) in [6.07, 6.45) is -3.41. The zero-order valence-electron chi connectivity index (χ0n) is 15.8. The number of pyridine rings is 1. The fourth-order valence-corrected chi connectivity index (χ4v) is 3.19. The number of carbonyl (C=O) groups excluding carboxylic acids is 1. The van der Waals surface area contributed by atoms with Gasteiger partial charge in [-0.2, -0.15) is 13.2 Å². The number of piperidine rings is 1. The maximum Gasteiger partial charge on any atom is 0.433 e. The molecule has 1 aromatic heterocycles. The van der Waals surface area contributed by atoms with E-state index in [0.29, 0.717) is 30.6 Å². The van der Waals surface area contributed by atoms with E-state index in [0.717, 1.165) is 6.07 Å². The van der Waals surface area contributed by atoms with Gasteiger partial charge >= 0.3 is 12.2 Å². The number of benzene rings is 1. The van der Waals surface area contributed by atoms with Crippen molar-refractivity contribution in [2.45, 2.75) is 31.5 Å². The Bertz CT molecular complexity index is 830. The molecule has 0 aliphatic carbocycles. The second kappa shape index (κ2) is 9.13. The number of nitrogens with one attached hydrogen (secondary N) is 1. The van der Waals surface area contributed by atoms with Gasteiger partial charge in [-0.1, -0.05) is 18.2 Å². The van der Waals surface area contributed by atoms with Crippen LogP contribution in [0.25, 0.3) is 0 Å². The Labute approximate surface area is 166 Å². The average Bonchev–Trinajstić information content (AvgIpc) is 2.68. The molecule has 0 bridgehead atoms. The lowest BCUT2D eigenvalue weighted by Crippen LogP contribution is -2.46. The molecule has 9 heteroatoms. The molecule has 0 saturated carbocycles. The van der Waals surface area contributed by atoms with E-state index in [4.69, 9.17) is 10.5 Å². The quantitative estimate of drug-likeness (QED) is 0.791. The maximum absolute atomic E-state index is 13.1. The van der Waals surface area contributed by atoms with Gasteiger partial charge in [-0.25, -0.2) is 9.78 Å². The van der Waals surface area contributed by atoms with Crippen LogP contribution >= 0.6 is 0 Å². The van der Waals surface area contributed by atoms with E-state index in [9.17, 15) is 18.0 Å². The number of alkyl halides is 3. The van der Waals surface area contributed by atoms with E-state index >= 15 is 0 Å². The van der Waals surface area contributed by atoms with Gasteiger partial charge in [0.15, 0.2) is 0 Å². The molecular weight excluding hydrogens is 385 g/mol. The van der Waals surface area contributed by atoms with Crippen molar-refractivity contribution in [1.29, 1.82) is 0 Å². The van der Waals surface area contributed by atoms with Crippen LogP contribution in [0.1, 0.15) is 24.1 Å². The number of nitrogens with zero attached hydrogens (tertiary/aromatic N) is 2. The number of para-hydroxylation sites is 1. The Kier molecular flexibility index (Phi) is 6.58. The number of halogens is 3. The maximum atomic E-state index is 13.1. The predicted molar refractivity (Wildman–Crippen MR) is 103 cm³/mol. The van der Waals surface area contributed by atoms with E-state index in [2.05, 4.69) is 10.3 Å². The third-order valence-electron chi connectivity index (χ3n) is 4.56. The van der Waals surface area contributed by atoms with Crippen LogP contribution in [0.4, 0.5) is 23.7 Å². The van der Waals surface area contributed by atoms with E-state index in [1.807, 2.05) is 18.2 Å². The molecular formula is C20H23F3N4O2. The van der Waals surface area contributed by atoms with Crippen molar-refractivity contribution in [2.75, 3.05) is 25.0 Å². The number of hydrogen-bond acceptors (Lipinski definition) is 4. The molecule has 2 heterocycles. The standard InChI is InChI=1S/C20H23F3N4O2/c21-20(22,23)17-11-14(8-9-24)12-18(26-17)29-16-7-4-10-27(13-16)19(28)25-15-5-2-1-3-6-15/h1-3,5-6,11-12,16H,4,7-10,13,24H2,(H,25,28)/t16-/m1/s1. The third kappa shape index (κ3) is 5.83. The van der Waals surface area contributed by atoms with Gasteiger partial charge in [-0.05, 0) is 49.6 Å². The van der Waals surface area contributed by atoms with Gasteiger partial charge in [0.25, 0.3) is 0 Å². The second-order valence-electron chi connectivity index (χ2n) is 6.86. The molecule has 3 rings (SSSR count). The lowest BCUT2D eigenvalue weighted by atomic mass is 10.1. The van der Waals surface area contributed by atoms with Crippen molar-refractivity contribution < 1.29 is 22.7 Å². The van der Waals surface area contributed by atoms with Gasteiger partial charge < -0.3 is 20.7 Å². The summed E-state index contributed by atoms with van der Waals surface area (Å²) in [5.41, 5.74) is 5.56. The highest BCUT2D eigenvalue weighted by molar-refractivity contribution is 5.89. The van der Waals surface area contributed by atoms with Crippen LogP contribution in [0.3, 0.4) is 0 Å². The van der Waals surface area contributed by atoms with Gasteiger partial charge in [0.05, 0.1) is 6.54 Å². The molecule has 1 aliphatic rings. The summed E-state index contributed by atoms with van der Waals surface area (Å²) in [6, 6.07) is 11.2. The first-order valence-electron chi connectivity index (χ1n) is 9.41. The van der Waals surface area contributed by atoms with Crippen LogP contribution in [0.2, 0.25) is 0 Å². The number of amides is 2. The minimum absolute atomic E-state index is 0.0985. The number of aromatic nitrogens is 1. The van der Waals surface area contributed by atoms with Gasteiger partial charge in [0.1, 0.15) is 11.8 Å². The largest absolute Gasteiger partial charge is 0.472 e. The smallest absolute Gasteiger partial charge is 0.433 e. The molecule has 2 aromatic rings. The minimum atomic E-state index is -4.57. The molecule has 1 fully saturated rings. The Morgan fingerprint density at radius 2 is 2.03 bits per heavy atom. The molecule has 1 aromatic carbocycles. The zero-order chi connectivity index (χ0) is 20.9. The van der Waals surface area contributed by atoms with Crippen LogP contribution in [0, 0.1) is 0 Å². The number of rotatable bonds is 5. The number of hydrogen-bond donors (Lipinski definition) is 2. The minimum Gasteiger partial charge on any atom is -0.472 e. The van der Waals surface area contributed by atoms with Crippen LogP contribution in [-0.4, -0.2) is 41.7 Å². The second-order valence-corrected chi connectivity index (χ2v) is 6.86. The summed E-state index contributed by atoms with van der Waals surface area (Å²) in [6.45, 7) is 1.04. The Hall–Kier alpha value is -2.81. The third-order valence-corrected chi connectivity index (χ3v) is 4.56. The SMILES string of the molecule is NCCc1cc(O[C@@H]2CCCN(C(=O)Nc3ccccc3)C2)nc(C(F)(F)F)c1. The summed E-state index contributed by atoms with van der Waals surface area (Å²) < 4.78 is 45.1. The Balaban J connectivity index is 1.68. The summed E-state index contributed by atoms with van der Waals surface area (Å²) in [5, 5.41) is 2.80. The lowest BCUT2D eigenvalue weighted by molar-refractivity contribution is -0.141. The zero-order valence-corrected chi connectivity index (χ0v) is 15.8. The fraction of sp³-hybridized carbons (Fsp3) is 0.400. The number of nitrogens with two attached hydrogens (primary N) is 1. The summed E-state index contributed by atoms with van der Waals surface area (Å²) in [7, 11) is 0. The topological polar surface area (TPSA) is 80.5 Å². The van der Waals surface area contributed by atoms with Crippen molar-refractivity contribution >= 4 is 11.7 Å². The fourth-order valence-electron chi connectivity index (χ4n) is 3.19. The summed E-state index contributed by atoms with van der Waals surface area (Å²) >= 11 is 0. The molecule has 0 spiro atoms. The van der Waals surface area contributed by atoms with E-state index in [1.54, 1.807) is 17.0 Å². The number of anilines is 1. The molecule has 29 heavy (non-hydrogen) atoms. The van der Waals surface area contributed by atoms with Crippen molar-refractivity contribution in [3.05, 3.63) is 53.7 Å². The molecule has 0 unspecified atom stereocenters. The lowest BCUT2D eigenvalue weighted by Gasteiger charge is -2.32. The van der Waals surface area contributed by atoms with Gasteiger partial charge in [-0.15, -0.1) is 0 Å². The van der Waals surface area contributed by atoms with E-state index in [1.165, 1.54) is 6.07 Å². The predicted octanol–water partition coefficient (Wildman–Crippen LogP) is 3.68. The Morgan fingerprint density at radius 3 is 2.72 bits per heavy atom. The first-order chi connectivity index (χ1) is 13.8. The number of urea groups is 1. The molecule has 3 N–H and O–H groups in total. The average molecular weight is 408 g/mol. The highest BCUT2D eigenvalue weighted by Crippen LogP contribution is 2.30. The monoisotopic (exact) mass is 408 g/mol.